The molecule has 4 nitrogen and oxygen atoms in total. The maximum absolute atomic E-state index is 9.87. The Labute approximate surface area is 89.6 Å². The van der Waals surface area contributed by atoms with Crippen LogP contribution in [0.25, 0.3) is 0 Å². The molecule has 0 aliphatic heterocycles. The van der Waals surface area contributed by atoms with Gasteiger partial charge in [0, 0.05) is 0 Å². The molecule has 62 valence electrons. The zero-order chi connectivity index (χ0) is 8.20. The summed E-state index contributed by atoms with van der Waals surface area (Å²) in [5, 5.41) is 0. The first-order chi connectivity index (χ1) is 4.45. The first kappa shape index (κ1) is 14.4. The Morgan fingerprint density at radius 1 is 1.55 bits per heavy atom. The van der Waals surface area contributed by atoms with Crippen LogP contribution in [-0.2, 0) is 14.6 Å². The molecule has 0 saturated heterocycles. The number of hydrogen-bond acceptors (Lipinski definition) is 4. The molecule has 0 rings (SSSR count). The van der Waals surface area contributed by atoms with E-state index in [-0.39, 0.29) is 42.1 Å². The minimum absolute atomic E-state index is 0. The molecule has 0 bridgehead atoms. The molecule has 0 spiro atoms. The Balaban J connectivity index is 0. The minimum atomic E-state index is -4.48. The first-order valence-electron chi connectivity index (χ1n) is 3.06. The second kappa shape index (κ2) is 6.39. The van der Waals surface area contributed by atoms with E-state index in [4.69, 9.17) is 0 Å². The van der Waals surface area contributed by atoms with Gasteiger partial charge in [0.15, 0.2) is 0 Å². The third-order valence-corrected chi connectivity index (χ3v) is 1.62. The maximum atomic E-state index is 9.87. The second-order valence-corrected chi connectivity index (χ2v) is 3.26. The van der Waals surface area contributed by atoms with E-state index in [0.717, 1.165) is 6.42 Å². The van der Waals surface area contributed by atoms with Gasteiger partial charge in [0.05, 0.1) is 6.61 Å². The summed E-state index contributed by atoms with van der Waals surface area (Å²) in [6.45, 7) is 3.69. The molecule has 0 amide bonds. The smallest absolute Gasteiger partial charge is 0.726 e. The summed E-state index contributed by atoms with van der Waals surface area (Å²) in [5.41, 5.74) is 0. The van der Waals surface area contributed by atoms with Crippen molar-refractivity contribution < 1.29 is 46.7 Å². The van der Waals surface area contributed by atoms with Gasteiger partial charge in [-0.2, -0.15) is 0 Å². The summed E-state index contributed by atoms with van der Waals surface area (Å²) in [4.78, 5) is 0. The number of rotatable bonds is 4. The Kier molecular flexibility index (Phi) is 8.37. The molecular weight excluding hydrogens is 179 g/mol. The third-order valence-electron chi connectivity index (χ3n) is 1.19. The van der Waals surface area contributed by atoms with E-state index in [1.807, 2.05) is 13.8 Å². The van der Waals surface area contributed by atoms with Crippen molar-refractivity contribution in [1.29, 1.82) is 0 Å². The summed E-state index contributed by atoms with van der Waals surface area (Å²) in [7, 11) is -4.48. The van der Waals surface area contributed by atoms with Crippen LogP contribution in [0.5, 0.6) is 0 Å². The predicted octanol–water partition coefficient (Wildman–Crippen LogP) is -2.49. The quantitative estimate of drug-likeness (QED) is 0.279. The van der Waals surface area contributed by atoms with E-state index in [0.29, 0.717) is 0 Å². The molecule has 0 aromatic carbocycles. The predicted molar refractivity (Wildman–Crippen MR) is 35.1 cm³/mol. The molecule has 1 unspecified atom stereocenters. The molecule has 0 radical (unpaired) electrons. The van der Waals surface area contributed by atoms with Gasteiger partial charge in [-0.15, -0.1) is 0 Å². The van der Waals surface area contributed by atoms with Crippen molar-refractivity contribution in [3.05, 3.63) is 0 Å². The maximum Gasteiger partial charge on any atom is 1.00 e. The average molecular weight is 190 g/mol. The van der Waals surface area contributed by atoms with Gasteiger partial charge in [0.25, 0.3) is 0 Å². The zero-order valence-electron chi connectivity index (χ0n) is 7.03. The molecule has 0 aliphatic carbocycles. The van der Waals surface area contributed by atoms with Crippen molar-refractivity contribution in [2.45, 2.75) is 20.3 Å². The monoisotopic (exact) mass is 190 g/mol. The zero-order valence-corrected chi connectivity index (χ0v) is 9.85. The van der Waals surface area contributed by atoms with Gasteiger partial charge in [0.2, 0.25) is 10.4 Å². The van der Waals surface area contributed by atoms with Crippen molar-refractivity contribution in [3.8, 4) is 0 Å². The SMILES string of the molecule is CCC(C)COS(=O)(=O)[O-].[Na+]. The molecule has 0 aromatic rings. The summed E-state index contributed by atoms with van der Waals surface area (Å²) >= 11 is 0. The van der Waals surface area contributed by atoms with Crippen molar-refractivity contribution in [2.75, 3.05) is 6.61 Å². The van der Waals surface area contributed by atoms with Crippen LogP contribution in [0.1, 0.15) is 20.3 Å². The van der Waals surface area contributed by atoms with Crippen LogP contribution in [0.2, 0.25) is 0 Å². The van der Waals surface area contributed by atoms with Gasteiger partial charge in [-0.3, -0.25) is 4.18 Å². The van der Waals surface area contributed by atoms with E-state index < -0.39 is 10.4 Å². The van der Waals surface area contributed by atoms with Gasteiger partial charge < -0.3 is 4.55 Å². The second-order valence-electron chi connectivity index (χ2n) is 2.21. The van der Waals surface area contributed by atoms with E-state index in [1.54, 1.807) is 0 Å². The third kappa shape index (κ3) is 10.9. The molecule has 0 aromatic heterocycles. The molecule has 11 heavy (non-hydrogen) atoms. The van der Waals surface area contributed by atoms with Gasteiger partial charge in [0.1, 0.15) is 0 Å². The average Bonchev–Trinajstić information content (AvgIpc) is 1.81. The van der Waals surface area contributed by atoms with Gasteiger partial charge >= 0.3 is 29.6 Å². The molecular formula is C5H11NaO4S. The van der Waals surface area contributed by atoms with E-state index in [1.165, 1.54) is 0 Å². The van der Waals surface area contributed by atoms with Crippen molar-refractivity contribution in [2.24, 2.45) is 5.92 Å². The fourth-order valence-corrected chi connectivity index (χ4v) is 0.716. The van der Waals surface area contributed by atoms with E-state index >= 15 is 0 Å². The standard InChI is InChI=1S/C5H12O4S.Na/c1-3-5(2)4-9-10(6,7)8;/h5H,3-4H2,1-2H3,(H,6,7,8);/q;+1/p-1. The molecule has 0 saturated carbocycles. The topological polar surface area (TPSA) is 66.4 Å². The van der Waals surface area contributed by atoms with Crippen LogP contribution < -0.4 is 29.6 Å². The molecule has 0 aliphatic rings. The van der Waals surface area contributed by atoms with Crippen LogP contribution in [0.15, 0.2) is 0 Å². The summed E-state index contributed by atoms with van der Waals surface area (Å²) in [6, 6.07) is 0. The van der Waals surface area contributed by atoms with Gasteiger partial charge in [-0.05, 0) is 5.92 Å². The fourth-order valence-electron chi connectivity index (χ4n) is 0.317. The summed E-state index contributed by atoms with van der Waals surface area (Å²) in [6.07, 6.45) is 0.801. The van der Waals surface area contributed by atoms with Gasteiger partial charge in [-0.1, -0.05) is 20.3 Å². The van der Waals surface area contributed by atoms with Crippen LogP contribution in [0, 0.1) is 5.92 Å². The Morgan fingerprint density at radius 2 is 2.00 bits per heavy atom. The van der Waals surface area contributed by atoms with Crippen LogP contribution in [-0.4, -0.2) is 19.6 Å². The molecule has 0 fully saturated rings. The number of hydrogen-bond donors (Lipinski definition) is 0. The Morgan fingerprint density at radius 3 is 2.27 bits per heavy atom. The molecule has 0 N–H and O–H groups in total. The van der Waals surface area contributed by atoms with E-state index in [9.17, 15) is 13.0 Å². The Bertz CT molecular complexity index is 177. The van der Waals surface area contributed by atoms with Gasteiger partial charge in [-0.25, -0.2) is 8.42 Å². The summed E-state index contributed by atoms with van der Waals surface area (Å²) < 4.78 is 33.6. The van der Waals surface area contributed by atoms with E-state index in [2.05, 4.69) is 4.18 Å². The van der Waals surface area contributed by atoms with Crippen LogP contribution in [0.3, 0.4) is 0 Å². The van der Waals surface area contributed by atoms with Crippen molar-refractivity contribution in [1.82, 2.24) is 0 Å². The van der Waals surface area contributed by atoms with Crippen molar-refractivity contribution in [3.63, 3.8) is 0 Å². The summed E-state index contributed by atoms with van der Waals surface area (Å²) in [5.74, 6) is 0.115. The fraction of sp³-hybridized carbons (Fsp3) is 1.00. The largest absolute Gasteiger partial charge is 1.00 e. The normalized spacial score (nSPS) is 13.7. The molecule has 6 heteroatoms. The minimum Gasteiger partial charge on any atom is -0.726 e. The molecule has 0 heterocycles. The van der Waals surface area contributed by atoms with Crippen LogP contribution >= 0.6 is 0 Å². The van der Waals surface area contributed by atoms with Crippen molar-refractivity contribution >= 4 is 10.4 Å². The van der Waals surface area contributed by atoms with Crippen LogP contribution in [0.4, 0.5) is 0 Å². The first-order valence-corrected chi connectivity index (χ1v) is 4.39. The Hall–Kier alpha value is 0.870. The molecule has 1 atom stereocenters.